The van der Waals surface area contributed by atoms with Crippen molar-refractivity contribution in [3.05, 3.63) is 12.2 Å². The molecule has 61 heavy (non-hydrogen) atoms. The second-order valence-electron chi connectivity index (χ2n) is 13.0. The highest BCUT2D eigenvalue weighted by Crippen LogP contribution is 2.25. The fourth-order valence-electron chi connectivity index (χ4n) is 5.49. The van der Waals surface area contributed by atoms with Gasteiger partial charge in [0.05, 0.1) is 171 Å². The van der Waals surface area contributed by atoms with Crippen LogP contribution in [0.1, 0.15) is 12.8 Å². The molecule has 2 aliphatic rings. The Balaban J connectivity index is 1.24. The van der Waals surface area contributed by atoms with Crippen molar-refractivity contribution >= 4 is 29.6 Å². The molecule has 4 amide bonds. The number of carbonyl (C=O) groups is 5. The van der Waals surface area contributed by atoms with Gasteiger partial charge in [-0.25, -0.2) is 0 Å². The topological polar surface area (TPSA) is 244 Å². The summed E-state index contributed by atoms with van der Waals surface area (Å²) in [6, 6.07) is -1.81. The van der Waals surface area contributed by atoms with Gasteiger partial charge in [-0.1, -0.05) is 0 Å². The molecule has 0 spiro atoms. The Labute approximate surface area is 357 Å². The number of methoxy groups -OCH3 is 1. The fourth-order valence-corrected chi connectivity index (χ4v) is 5.49. The molecule has 0 bridgehead atoms. The number of rotatable bonds is 44. The van der Waals surface area contributed by atoms with E-state index in [4.69, 9.17) is 61.6 Å². The largest absolute Gasteiger partial charge is 0.480 e. The van der Waals surface area contributed by atoms with Crippen molar-refractivity contribution in [2.75, 3.05) is 185 Å². The Morgan fingerprint density at radius 2 is 0.852 bits per heavy atom. The predicted octanol–water partition coefficient (Wildman–Crippen LogP) is -1.68. The number of nitrogens with one attached hydrogen (secondary N) is 1. The molecule has 2 N–H and O–H groups in total. The molecule has 352 valence electrons. The van der Waals surface area contributed by atoms with Crippen LogP contribution in [0.4, 0.5) is 0 Å². The number of likely N-dealkylation sites (tertiary alicyclic amines) is 1. The summed E-state index contributed by atoms with van der Waals surface area (Å²) >= 11 is 0. The second-order valence-corrected chi connectivity index (χ2v) is 13.0. The van der Waals surface area contributed by atoms with Crippen LogP contribution in [-0.2, 0) is 85.6 Å². The summed E-state index contributed by atoms with van der Waals surface area (Å²) in [4.78, 5) is 62.4. The van der Waals surface area contributed by atoms with Gasteiger partial charge in [0, 0.05) is 32.2 Å². The first kappa shape index (κ1) is 53.9. The molecular weight excluding hydrogens is 814 g/mol. The number of hydrogen-bond donors (Lipinski definition) is 2. The van der Waals surface area contributed by atoms with E-state index in [0.29, 0.717) is 152 Å². The van der Waals surface area contributed by atoms with Crippen LogP contribution in [0.15, 0.2) is 12.2 Å². The van der Waals surface area contributed by atoms with Crippen molar-refractivity contribution in [1.29, 1.82) is 0 Å². The van der Waals surface area contributed by atoms with Crippen LogP contribution >= 0.6 is 0 Å². The molecule has 2 atom stereocenters. The van der Waals surface area contributed by atoms with Crippen LogP contribution in [0, 0.1) is 0 Å². The smallest absolute Gasteiger partial charge is 0.323 e. The number of ether oxygens (including phenoxy) is 13. The molecule has 0 aromatic heterocycles. The van der Waals surface area contributed by atoms with E-state index in [-0.39, 0.29) is 38.5 Å². The standard InChI is InChI=1S/C39H67N3O19/c1-49-6-7-51-10-11-53-14-15-55-18-19-57-22-23-59-26-27-61-29-28-60-25-24-58-21-20-56-17-16-54-13-12-52-9-8-50-5-4-35(43)40-31-33-30-34(39(48)41(33)32-38(46)47)42-36(44)2-3-37(42)45/h2-3,33-34H,4-32H2,1H3,(H,40,43)(H,46,47)/t33-,34+/m0/s1. The van der Waals surface area contributed by atoms with Gasteiger partial charge >= 0.3 is 5.97 Å². The Kier molecular flexibility index (Phi) is 33.0. The molecule has 0 radical (unpaired) electrons. The summed E-state index contributed by atoms with van der Waals surface area (Å²) in [5, 5.41) is 11.9. The first-order valence-electron chi connectivity index (χ1n) is 20.6. The first-order valence-corrected chi connectivity index (χ1v) is 20.6. The number of carbonyl (C=O) groups excluding carboxylic acids is 4. The summed E-state index contributed by atoms with van der Waals surface area (Å²) in [7, 11) is 1.63. The summed E-state index contributed by atoms with van der Waals surface area (Å²) in [5.74, 6) is -3.53. The predicted molar refractivity (Wildman–Crippen MR) is 212 cm³/mol. The normalized spacial score (nSPS) is 16.4. The molecule has 22 heteroatoms. The number of nitrogens with zero attached hydrogens (tertiary/aromatic N) is 2. The lowest BCUT2D eigenvalue weighted by molar-refractivity contribution is -0.148. The highest BCUT2D eigenvalue weighted by Gasteiger charge is 2.47. The highest BCUT2D eigenvalue weighted by molar-refractivity contribution is 6.15. The third-order valence-corrected chi connectivity index (χ3v) is 8.50. The van der Waals surface area contributed by atoms with Gasteiger partial charge in [0.2, 0.25) is 11.8 Å². The second kappa shape index (κ2) is 37.3. The Hall–Kier alpha value is -3.23. The molecule has 22 nitrogen and oxygen atoms in total. The van der Waals surface area contributed by atoms with E-state index in [1.54, 1.807) is 7.11 Å². The minimum atomic E-state index is -1.25. The van der Waals surface area contributed by atoms with Crippen molar-refractivity contribution in [3.8, 4) is 0 Å². The van der Waals surface area contributed by atoms with Gasteiger partial charge in [-0.05, 0) is 6.42 Å². The fraction of sp³-hybridized carbons (Fsp3) is 0.821. The number of amides is 4. The van der Waals surface area contributed by atoms with Gasteiger partial charge in [0.15, 0.2) is 0 Å². The van der Waals surface area contributed by atoms with Crippen LogP contribution < -0.4 is 5.32 Å². The lowest BCUT2D eigenvalue weighted by Gasteiger charge is -2.23. The monoisotopic (exact) mass is 881 g/mol. The molecule has 1 saturated heterocycles. The maximum atomic E-state index is 12.8. The zero-order chi connectivity index (χ0) is 44.0. The molecule has 0 unspecified atom stereocenters. The molecule has 2 rings (SSSR count). The van der Waals surface area contributed by atoms with E-state index >= 15 is 0 Å². The van der Waals surface area contributed by atoms with Gasteiger partial charge in [0.25, 0.3) is 11.8 Å². The number of hydrogen-bond acceptors (Lipinski definition) is 18. The summed E-state index contributed by atoms with van der Waals surface area (Å²) in [6.07, 6.45) is 2.17. The van der Waals surface area contributed by atoms with Crippen LogP contribution in [0.2, 0.25) is 0 Å². The number of carboxylic acids is 1. The van der Waals surface area contributed by atoms with Gasteiger partial charge in [0.1, 0.15) is 12.6 Å². The summed E-state index contributed by atoms with van der Waals surface area (Å²) in [5.41, 5.74) is 0. The van der Waals surface area contributed by atoms with Crippen LogP contribution in [0.3, 0.4) is 0 Å². The lowest BCUT2D eigenvalue weighted by atomic mass is 10.1. The van der Waals surface area contributed by atoms with E-state index in [0.717, 1.165) is 22.0 Å². The van der Waals surface area contributed by atoms with Gasteiger partial charge < -0.3 is 76.9 Å². The van der Waals surface area contributed by atoms with Crippen molar-refractivity contribution < 1.29 is 90.7 Å². The molecule has 2 heterocycles. The molecule has 2 aliphatic heterocycles. The van der Waals surface area contributed by atoms with Gasteiger partial charge in [-0.15, -0.1) is 0 Å². The highest BCUT2D eigenvalue weighted by atomic mass is 16.6. The number of imide groups is 1. The molecular formula is C39H67N3O19. The molecule has 0 aromatic rings. The van der Waals surface area contributed by atoms with Gasteiger partial charge in [-0.2, -0.15) is 0 Å². The van der Waals surface area contributed by atoms with Crippen molar-refractivity contribution in [3.63, 3.8) is 0 Å². The van der Waals surface area contributed by atoms with E-state index in [2.05, 4.69) is 5.32 Å². The molecule has 0 aromatic carbocycles. The minimum absolute atomic E-state index is 0.0163. The van der Waals surface area contributed by atoms with Crippen LogP contribution in [-0.4, -0.2) is 242 Å². The van der Waals surface area contributed by atoms with E-state index in [9.17, 15) is 29.1 Å². The molecule has 0 saturated carbocycles. The third-order valence-electron chi connectivity index (χ3n) is 8.50. The summed E-state index contributed by atoms with van der Waals surface area (Å²) in [6.45, 7) is 10.5. The summed E-state index contributed by atoms with van der Waals surface area (Å²) < 4.78 is 70.2. The number of aliphatic carboxylic acids is 1. The van der Waals surface area contributed by atoms with Crippen molar-refractivity contribution in [2.45, 2.75) is 24.9 Å². The Bertz CT molecular complexity index is 1200. The first-order chi connectivity index (χ1) is 29.8. The lowest BCUT2D eigenvalue weighted by Crippen LogP contribution is -2.47. The quantitative estimate of drug-likeness (QED) is 0.0513. The number of carboxylic acid groups (broad SMARTS) is 1. The van der Waals surface area contributed by atoms with E-state index in [1.807, 2.05) is 0 Å². The average molecular weight is 882 g/mol. The molecule has 0 aliphatic carbocycles. The minimum Gasteiger partial charge on any atom is -0.480 e. The van der Waals surface area contributed by atoms with Crippen LogP contribution in [0.5, 0.6) is 0 Å². The third kappa shape index (κ3) is 27.4. The van der Waals surface area contributed by atoms with E-state index in [1.165, 1.54) is 0 Å². The van der Waals surface area contributed by atoms with Gasteiger partial charge in [-0.3, -0.25) is 28.9 Å². The van der Waals surface area contributed by atoms with Crippen LogP contribution in [0.25, 0.3) is 0 Å². The Morgan fingerprint density at radius 3 is 1.16 bits per heavy atom. The Morgan fingerprint density at radius 1 is 0.541 bits per heavy atom. The van der Waals surface area contributed by atoms with Crippen molar-refractivity contribution in [2.24, 2.45) is 0 Å². The maximum absolute atomic E-state index is 12.8. The maximum Gasteiger partial charge on any atom is 0.323 e. The zero-order valence-electron chi connectivity index (χ0n) is 35.5. The van der Waals surface area contributed by atoms with Crippen molar-refractivity contribution in [1.82, 2.24) is 15.1 Å². The average Bonchev–Trinajstić information content (AvgIpc) is 3.73. The zero-order valence-corrected chi connectivity index (χ0v) is 35.5. The molecule has 1 fully saturated rings. The SMILES string of the molecule is COCCOCCOCCOCCOCCOCCOCCOCCOCCOCCOCCOCCOCCC(=O)NC[C@@H]1C[C@@H](N2C(=O)C=CC2=O)C(=O)N1CC(=O)O. The van der Waals surface area contributed by atoms with E-state index < -0.39 is 42.3 Å².